The van der Waals surface area contributed by atoms with E-state index in [1.54, 1.807) is 0 Å². The molecule has 1 aromatic rings. The molecule has 0 radical (unpaired) electrons. The monoisotopic (exact) mass is 292 g/mol. The van der Waals surface area contributed by atoms with Crippen molar-refractivity contribution in [1.82, 2.24) is 0 Å². The van der Waals surface area contributed by atoms with Crippen molar-refractivity contribution in [2.24, 2.45) is 0 Å². The lowest BCUT2D eigenvalue weighted by Gasteiger charge is -2.23. The van der Waals surface area contributed by atoms with Gasteiger partial charge in [0.2, 0.25) is 0 Å². The number of quaternary nitrogens is 1. The van der Waals surface area contributed by atoms with Gasteiger partial charge in [-0.15, -0.1) is 0 Å². The van der Waals surface area contributed by atoms with Crippen LogP contribution < -0.4 is 4.90 Å². The highest BCUT2D eigenvalue weighted by atomic mass is 16.6. The molecule has 1 aromatic carbocycles. The third-order valence-electron chi connectivity index (χ3n) is 3.49. The van der Waals surface area contributed by atoms with Crippen LogP contribution in [0.5, 0.6) is 0 Å². The number of carbonyl (C=O) groups is 2. The molecule has 2 atom stereocenters. The number of ether oxygens (including phenoxy) is 2. The molecule has 0 spiro atoms. The SMILES string of the molecule is COC(=O)CC1c2ccccc2C[NH+]1C(=O)OC(C)(C)C. The third kappa shape index (κ3) is 3.61. The zero-order chi connectivity index (χ0) is 15.6. The van der Waals surface area contributed by atoms with Crippen molar-refractivity contribution >= 4 is 12.1 Å². The largest absolute Gasteiger partial charge is 0.515 e. The molecule has 2 rings (SSSR count). The fraction of sp³-hybridized carbons (Fsp3) is 0.500. The van der Waals surface area contributed by atoms with E-state index in [1.807, 2.05) is 45.0 Å². The van der Waals surface area contributed by atoms with E-state index in [0.717, 1.165) is 11.1 Å². The summed E-state index contributed by atoms with van der Waals surface area (Å²) in [6, 6.07) is 7.55. The second-order valence-corrected chi connectivity index (χ2v) is 6.24. The zero-order valence-corrected chi connectivity index (χ0v) is 12.9. The van der Waals surface area contributed by atoms with Crippen LogP contribution in [0, 0.1) is 0 Å². The van der Waals surface area contributed by atoms with Crippen LogP contribution in [0.1, 0.15) is 44.4 Å². The lowest BCUT2D eigenvalue weighted by Crippen LogP contribution is -3.12. The fourth-order valence-electron chi connectivity index (χ4n) is 2.59. The first-order chi connectivity index (χ1) is 9.81. The minimum absolute atomic E-state index is 0.169. The van der Waals surface area contributed by atoms with E-state index < -0.39 is 5.60 Å². The van der Waals surface area contributed by atoms with Gasteiger partial charge in [0.05, 0.1) is 7.11 Å². The van der Waals surface area contributed by atoms with Gasteiger partial charge in [-0.1, -0.05) is 24.3 Å². The quantitative estimate of drug-likeness (QED) is 0.842. The first-order valence-electron chi connectivity index (χ1n) is 7.05. The summed E-state index contributed by atoms with van der Waals surface area (Å²) in [5.41, 5.74) is 1.55. The Hall–Kier alpha value is -1.88. The van der Waals surface area contributed by atoms with Gasteiger partial charge >= 0.3 is 12.1 Å². The first-order valence-corrected chi connectivity index (χ1v) is 7.05. The van der Waals surface area contributed by atoms with Crippen molar-refractivity contribution < 1.29 is 24.0 Å². The van der Waals surface area contributed by atoms with Crippen LogP contribution in [0.4, 0.5) is 4.79 Å². The summed E-state index contributed by atoms with van der Waals surface area (Å²) in [6.07, 6.45) is -0.158. The molecule has 1 heterocycles. The topological polar surface area (TPSA) is 57.0 Å². The molecule has 1 aliphatic rings. The molecule has 1 aliphatic heterocycles. The number of nitrogens with one attached hydrogen (secondary N) is 1. The Morgan fingerprint density at radius 2 is 1.95 bits per heavy atom. The average Bonchev–Trinajstić information content (AvgIpc) is 2.76. The molecule has 0 saturated heterocycles. The van der Waals surface area contributed by atoms with E-state index in [4.69, 9.17) is 9.47 Å². The van der Waals surface area contributed by atoms with Gasteiger partial charge in [-0.25, -0.2) is 4.90 Å². The molecule has 1 amide bonds. The third-order valence-corrected chi connectivity index (χ3v) is 3.49. The first kappa shape index (κ1) is 15.5. The fourth-order valence-corrected chi connectivity index (χ4v) is 2.59. The van der Waals surface area contributed by atoms with Crippen molar-refractivity contribution in [2.75, 3.05) is 7.11 Å². The standard InChI is InChI=1S/C16H21NO4/c1-16(2,3)21-15(19)17-10-11-7-5-6-8-12(11)13(17)9-14(18)20-4/h5-8,13H,9-10H2,1-4H3/p+1. The number of hydrogen-bond acceptors (Lipinski definition) is 4. The number of methoxy groups -OCH3 is 1. The Bertz CT molecular complexity index is 547. The van der Waals surface area contributed by atoms with Gasteiger partial charge in [-0.2, -0.15) is 4.79 Å². The van der Waals surface area contributed by atoms with Crippen LogP contribution in [0.2, 0.25) is 0 Å². The van der Waals surface area contributed by atoms with Gasteiger partial charge in [0.15, 0.2) is 0 Å². The van der Waals surface area contributed by atoms with Crippen LogP contribution in [0.25, 0.3) is 0 Å². The van der Waals surface area contributed by atoms with E-state index in [0.29, 0.717) is 11.4 Å². The van der Waals surface area contributed by atoms with Gasteiger partial charge < -0.3 is 9.47 Å². The minimum atomic E-state index is -0.547. The van der Waals surface area contributed by atoms with E-state index in [9.17, 15) is 9.59 Å². The summed E-state index contributed by atoms with van der Waals surface area (Å²) < 4.78 is 10.2. The maximum atomic E-state index is 12.4. The van der Waals surface area contributed by atoms with Crippen LogP contribution in [-0.2, 0) is 20.8 Å². The lowest BCUT2D eigenvalue weighted by atomic mass is 10.0. The van der Waals surface area contributed by atoms with Gasteiger partial charge in [-0.05, 0) is 20.8 Å². The number of benzene rings is 1. The second-order valence-electron chi connectivity index (χ2n) is 6.24. The number of alkyl carbamates (subject to hydrolysis) is 2. The van der Waals surface area contributed by atoms with Crippen molar-refractivity contribution in [3.05, 3.63) is 35.4 Å². The molecule has 21 heavy (non-hydrogen) atoms. The van der Waals surface area contributed by atoms with Gasteiger partial charge in [0.1, 0.15) is 24.6 Å². The van der Waals surface area contributed by atoms with Crippen LogP contribution in [0.15, 0.2) is 24.3 Å². The highest BCUT2D eigenvalue weighted by molar-refractivity contribution is 5.71. The highest BCUT2D eigenvalue weighted by Crippen LogP contribution is 2.24. The Balaban J connectivity index is 2.25. The highest BCUT2D eigenvalue weighted by Gasteiger charge is 2.42. The van der Waals surface area contributed by atoms with Crippen molar-refractivity contribution in [3.8, 4) is 0 Å². The summed E-state index contributed by atoms with van der Waals surface area (Å²) in [5.74, 6) is -0.322. The normalized spacial score (nSPS) is 20.8. The van der Waals surface area contributed by atoms with Gasteiger partial charge in [0, 0.05) is 11.1 Å². The molecule has 1 N–H and O–H groups in total. The molecule has 0 aromatic heterocycles. The molecule has 0 aliphatic carbocycles. The van der Waals surface area contributed by atoms with E-state index in [2.05, 4.69) is 0 Å². The molecule has 0 saturated carbocycles. The Kier molecular flexibility index (Phi) is 4.32. The molecule has 2 unspecified atom stereocenters. The number of esters is 1. The molecule has 114 valence electrons. The molecular formula is C16H22NO4+. The number of fused-ring (bicyclic) bond motifs is 1. The van der Waals surface area contributed by atoms with E-state index >= 15 is 0 Å². The molecule has 0 fully saturated rings. The number of amides is 1. The predicted octanol–water partition coefficient (Wildman–Crippen LogP) is 1.62. The van der Waals surface area contributed by atoms with Crippen LogP contribution >= 0.6 is 0 Å². The molecular weight excluding hydrogens is 270 g/mol. The molecule has 0 bridgehead atoms. The maximum Gasteiger partial charge on any atom is 0.515 e. The van der Waals surface area contributed by atoms with E-state index in [-0.39, 0.29) is 24.5 Å². The number of hydrogen-bond donors (Lipinski definition) is 1. The van der Waals surface area contributed by atoms with Crippen LogP contribution in [0.3, 0.4) is 0 Å². The Morgan fingerprint density at radius 3 is 2.57 bits per heavy atom. The average molecular weight is 292 g/mol. The lowest BCUT2D eigenvalue weighted by molar-refractivity contribution is -0.864. The summed E-state index contributed by atoms with van der Waals surface area (Å²) in [6.45, 7) is 6.04. The van der Waals surface area contributed by atoms with Gasteiger partial charge in [-0.3, -0.25) is 4.79 Å². The predicted molar refractivity (Wildman–Crippen MR) is 76.7 cm³/mol. The summed E-state index contributed by atoms with van der Waals surface area (Å²) in [7, 11) is 1.36. The summed E-state index contributed by atoms with van der Waals surface area (Å²) in [5, 5.41) is 0. The summed E-state index contributed by atoms with van der Waals surface area (Å²) >= 11 is 0. The second kappa shape index (κ2) is 5.85. The number of rotatable bonds is 2. The Labute approximate surface area is 124 Å². The van der Waals surface area contributed by atoms with E-state index in [1.165, 1.54) is 7.11 Å². The maximum absolute atomic E-state index is 12.4. The number of carbonyl (C=O) groups excluding carboxylic acids is 2. The van der Waals surface area contributed by atoms with Gasteiger partial charge in [0.25, 0.3) is 0 Å². The smallest absolute Gasteiger partial charge is 0.469 e. The Morgan fingerprint density at radius 1 is 1.29 bits per heavy atom. The zero-order valence-electron chi connectivity index (χ0n) is 12.9. The summed E-state index contributed by atoms with van der Waals surface area (Å²) in [4.78, 5) is 24.7. The van der Waals surface area contributed by atoms with Crippen molar-refractivity contribution in [1.29, 1.82) is 0 Å². The van der Waals surface area contributed by atoms with Crippen molar-refractivity contribution in [2.45, 2.75) is 45.4 Å². The molecule has 5 nitrogen and oxygen atoms in total. The minimum Gasteiger partial charge on any atom is -0.469 e. The van der Waals surface area contributed by atoms with Crippen molar-refractivity contribution in [3.63, 3.8) is 0 Å². The molecule has 5 heteroatoms. The van der Waals surface area contributed by atoms with Crippen LogP contribution in [-0.4, -0.2) is 24.8 Å².